The highest BCUT2D eigenvalue weighted by Crippen LogP contribution is 2.19. The Morgan fingerprint density at radius 1 is 1.47 bits per heavy atom. The molecule has 0 atom stereocenters. The molecule has 2 aromatic rings. The van der Waals surface area contributed by atoms with Crippen molar-refractivity contribution in [1.29, 1.82) is 0 Å². The van der Waals surface area contributed by atoms with E-state index >= 15 is 0 Å². The molecule has 1 N–H and O–H groups in total. The smallest absolute Gasteiger partial charge is 0.252 e. The van der Waals surface area contributed by atoms with Gasteiger partial charge in [-0.3, -0.25) is 4.79 Å². The normalized spacial score (nSPS) is 15.5. The molecule has 0 aromatic carbocycles. The Kier molecular flexibility index (Phi) is 1.74. The molecule has 15 heavy (non-hydrogen) atoms. The number of rotatable bonds is 2. The van der Waals surface area contributed by atoms with Crippen LogP contribution < -0.4 is 5.32 Å². The SMILES string of the molecule is O=C(NC1CC1)c1ccc2cncn2c1. The molecule has 0 saturated heterocycles. The third kappa shape index (κ3) is 1.58. The van der Waals surface area contributed by atoms with Gasteiger partial charge in [-0.25, -0.2) is 4.98 Å². The van der Waals surface area contributed by atoms with Gasteiger partial charge in [0.2, 0.25) is 0 Å². The Morgan fingerprint density at radius 2 is 2.33 bits per heavy atom. The number of pyridine rings is 1. The summed E-state index contributed by atoms with van der Waals surface area (Å²) in [5.74, 6) is 0.00750. The van der Waals surface area contributed by atoms with Crippen LogP contribution in [-0.2, 0) is 0 Å². The molecule has 1 amide bonds. The van der Waals surface area contributed by atoms with Crippen molar-refractivity contribution in [3.8, 4) is 0 Å². The highest BCUT2D eigenvalue weighted by molar-refractivity contribution is 5.94. The first-order valence-corrected chi connectivity index (χ1v) is 5.05. The molecule has 1 fully saturated rings. The molecule has 0 spiro atoms. The lowest BCUT2D eigenvalue weighted by molar-refractivity contribution is 0.0950. The Bertz CT molecular complexity index is 513. The predicted molar refractivity (Wildman–Crippen MR) is 55.7 cm³/mol. The monoisotopic (exact) mass is 201 g/mol. The maximum atomic E-state index is 11.7. The molecule has 76 valence electrons. The molecule has 1 aliphatic rings. The van der Waals surface area contributed by atoms with Crippen LogP contribution in [0.5, 0.6) is 0 Å². The quantitative estimate of drug-likeness (QED) is 0.794. The highest BCUT2D eigenvalue weighted by atomic mass is 16.1. The van der Waals surface area contributed by atoms with Crippen molar-refractivity contribution in [2.75, 3.05) is 0 Å². The van der Waals surface area contributed by atoms with Crippen LogP contribution in [0.3, 0.4) is 0 Å². The van der Waals surface area contributed by atoms with Gasteiger partial charge in [0.15, 0.2) is 0 Å². The van der Waals surface area contributed by atoms with Gasteiger partial charge in [-0.1, -0.05) is 0 Å². The zero-order chi connectivity index (χ0) is 10.3. The second-order valence-electron chi connectivity index (χ2n) is 3.89. The molecule has 4 heteroatoms. The lowest BCUT2D eigenvalue weighted by Gasteiger charge is -2.03. The summed E-state index contributed by atoms with van der Waals surface area (Å²) >= 11 is 0. The van der Waals surface area contributed by atoms with Crippen molar-refractivity contribution in [2.45, 2.75) is 18.9 Å². The van der Waals surface area contributed by atoms with Crippen LogP contribution in [0.1, 0.15) is 23.2 Å². The maximum Gasteiger partial charge on any atom is 0.252 e. The standard InChI is InChI=1S/C11H11N3O/c15-11(13-9-2-3-9)8-1-4-10-5-12-7-14(10)6-8/h1,4-7,9H,2-3H2,(H,13,15). The molecule has 0 bridgehead atoms. The molecular formula is C11H11N3O. The molecule has 2 aromatic heterocycles. The average Bonchev–Trinajstić information content (AvgIpc) is 2.94. The molecule has 4 nitrogen and oxygen atoms in total. The van der Waals surface area contributed by atoms with Crippen LogP contribution in [0.2, 0.25) is 0 Å². The maximum absolute atomic E-state index is 11.7. The van der Waals surface area contributed by atoms with Crippen molar-refractivity contribution < 1.29 is 4.79 Å². The van der Waals surface area contributed by atoms with Crippen LogP contribution in [0.25, 0.3) is 5.52 Å². The van der Waals surface area contributed by atoms with Gasteiger partial charge in [0.25, 0.3) is 5.91 Å². The van der Waals surface area contributed by atoms with Gasteiger partial charge in [-0.05, 0) is 25.0 Å². The van der Waals surface area contributed by atoms with Crippen LogP contribution in [0.4, 0.5) is 0 Å². The van der Waals surface area contributed by atoms with E-state index in [1.54, 1.807) is 18.7 Å². The molecule has 1 aliphatic carbocycles. The first-order valence-electron chi connectivity index (χ1n) is 5.05. The minimum Gasteiger partial charge on any atom is -0.349 e. The van der Waals surface area contributed by atoms with E-state index in [-0.39, 0.29) is 5.91 Å². The van der Waals surface area contributed by atoms with Gasteiger partial charge in [0, 0.05) is 12.2 Å². The number of hydrogen-bond donors (Lipinski definition) is 1. The summed E-state index contributed by atoms with van der Waals surface area (Å²) in [6.07, 6.45) is 7.49. The van der Waals surface area contributed by atoms with E-state index < -0.39 is 0 Å². The number of imidazole rings is 1. The van der Waals surface area contributed by atoms with Crippen molar-refractivity contribution in [3.05, 3.63) is 36.4 Å². The number of carbonyl (C=O) groups is 1. The largest absolute Gasteiger partial charge is 0.349 e. The minimum absolute atomic E-state index is 0.00750. The van der Waals surface area contributed by atoms with E-state index in [1.807, 2.05) is 16.5 Å². The summed E-state index contributed by atoms with van der Waals surface area (Å²) in [7, 11) is 0. The Balaban J connectivity index is 1.91. The van der Waals surface area contributed by atoms with E-state index in [1.165, 1.54) is 0 Å². The van der Waals surface area contributed by atoms with Gasteiger partial charge in [0.1, 0.15) is 0 Å². The summed E-state index contributed by atoms with van der Waals surface area (Å²) in [6.45, 7) is 0. The molecular weight excluding hydrogens is 190 g/mol. The van der Waals surface area contributed by atoms with Crippen LogP contribution >= 0.6 is 0 Å². The molecule has 1 saturated carbocycles. The van der Waals surface area contributed by atoms with E-state index in [4.69, 9.17) is 0 Å². The molecule has 0 radical (unpaired) electrons. The first-order chi connectivity index (χ1) is 7.33. The second-order valence-corrected chi connectivity index (χ2v) is 3.89. The van der Waals surface area contributed by atoms with Gasteiger partial charge in [-0.15, -0.1) is 0 Å². The Labute approximate surface area is 86.9 Å². The van der Waals surface area contributed by atoms with Crippen LogP contribution in [0, 0.1) is 0 Å². The fourth-order valence-corrected chi connectivity index (χ4v) is 1.55. The van der Waals surface area contributed by atoms with E-state index in [0.717, 1.165) is 18.4 Å². The Hall–Kier alpha value is -1.84. The fraction of sp³-hybridized carbons (Fsp3) is 0.273. The van der Waals surface area contributed by atoms with E-state index in [9.17, 15) is 4.79 Å². The van der Waals surface area contributed by atoms with E-state index in [0.29, 0.717) is 11.6 Å². The lowest BCUT2D eigenvalue weighted by atomic mass is 10.2. The summed E-state index contributed by atoms with van der Waals surface area (Å²) in [5, 5.41) is 2.95. The van der Waals surface area contributed by atoms with Gasteiger partial charge >= 0.3 is 0 Å². The van der Waals surface area contributed by atoms with Gasteiger partial charge in [0.05, 0.1) is 23.6 Å². The zero-order valence-corrected chi connectivity index (χ0v) is 8.18. The summed E-state index contributed by atoms with van der Waals surface area (Å²) in [6, 6.07) is 4.12. The Morgan fingerprint density at radius 3 is 3.13 bits per heavy atom. The summed E-state index contributed by atoms with van der Waals surface area (Å²) in [4.78, 5) is 15.7. The third-order valence-electron chi connectivity index (χ3n) is 2.58. The number of aromatic nitrogens is 2. The zero-order valence-electron chi connectivity index (χ0n) is 8.18. The van der Waals surface area contributed by atoms with Gasteiger partial charge in [-0.2, -0.15) is 0 Å². The van der Waals surface area contributed by atoms with Crippen molar-refractivity contribution >= 4 is 11.4 Å². The lowest BCUT2D eigenvalue weighted by Crippen LogP contribution is -2.25. The number of carbonyl (C=O) groups excluding carboxylic acids is 1. The van der Waals surface area contributed by atoms with Crippen LogP contribution in [0.15, 0.2) is 30.9 Å². The van der Waals surface area contributed by atoms with Crippen LogP contribution in [-0.4, -0.2) is 21.3 Å². The molecule has 3 rings (SSSR count). The molecule has 0 unspecified atom stereocenters. The van der Waals surface area contributed by atoms with E-state index in [2.05, 4.69) is 10.3 Å². The predicted octanol–water partition coefficient (Wildman–Crippen LogP) is 1.23. The minimum atomic E-state index is 0.00750. The van der Waals surface area contributed by atoms with Crippen molar-refractivity contribution in [3.63, 3.8) is 0 Å². The summed E-state index contributed by atoms with van der Waals surface area (Å²) < 4.78 is 1.85. The fourth-order valence-electron chi connectivity index (χ4n) is 1.55. The van der Waals surface area contributed by atoms with Crippen molar-refractivity contribution in [2.24, 2.45) is 0 Å². The number of nitrogens with zero attached hydrogens (tertiary/aromatic N) is 2. The third-order valence-corrected chi connectivity index (χ3v) is 2.58. The van der Waals surface area contributed by atoms with Crippen molar-refractivity contribution in [1.82, 2.24) is 14.7 Å². The molecule has 2 heterocycles. The highest BCUT2D eigenvalue weighted by Gasteiger charge is 2.23. The number of fused-ring (bicyclic) bond motifs is 1. The van der Waals surface area contributed by atoms with Gasteiger partial charge < -0.3 is 9.72 Å². The number of hydrogen-bond acceptors (Lipinski definition) is 2. The first kappa shape index (κ1) is 8.47. The topological polar surface area (TPSA) is 46.4 Å². The average molecular weight is 201 g/mol. The molecule has 0 aliphatic heterocycles. The number of nitrogens with one attached hydrogen (secondary N) is 1. The summed E-state index contributed by atoms with van der Waals surface area (Å²) in [5.41, 5.74) is 1.69. The number of amides is 1. The second kappa shape index (κ2) is 3.08.